The molecule has 1 aromatic carbocycles. The summed E-state index contributed by atoms with van der Waals surface area (Å²) in [6.45, 7) is 4.02. The van der Waals surface area contributed by atoms with Gasteiger partial charge in [0.15, 0.2) is 11.5 Å². The second kappa shape index (κ2) is 6.25. The molecule has 0 radical (unpaired) electrons. The maximum atomic E-state index is 11.0. The predicted octanol–water partition coefficient (Wildman–Crippen LogP) is 2.93. The zero-order chi connectivity index (χ0) is 13.7. The summed E-state index contributed by atoms with van der Waals surface area (Å²) in [6, 6.07) is 2.84. The van der Waals surface area contributed by atoms with Gasteiger partial charge in [0.25, 0.3) is 5.69 Å². The van der Waals surface area contributed by atoms with Crippen molar-refractivity contribution in [2.45, 2.75) is 0 Å². The van der Waals surface area contributed by atoms with E-state index < -0.39 is 4.92 Å². The maximum Gasteiger partial charge on any atom is 0.296 e. The van der Waals surface area contributed by atoms with Crippen LogP contribution in [0.5, 0.6) is 11.5 Å². The highest BCUT2D eigenvalue weighted by Crippen LogP contribution is 2.37. The van der Waals surface area contributed by atoms with Gasteiger partial charge in [0.05, 0.1) is 25.2 Å². The molecule has 0 saturated carbocycles. The number of methoxy groups -OCH3 is 2. The summed E-state index contributed by atoms with van der Waals surface area (Å²) in [5.74, 6) is 0.734. The van der Waals surface area contributed by atoms with Crippen molar-refractivity contribution in [3.05, 3.63) is 33.3 Å². The van der Waals surface area contributed by atoms with E-state index in [9.17, 15) is 10.1 Å². The first kappa shape index (κ1) is 14.3. The molecule has 0 atom stereocenters. The van der Waals surface area contributed by atoms with Crippen LogP contribution in [0.15, 0.2) is 23.2 Å². The molecule has 0 aromatic heterocycles. The number of nitro groups is 1. The normalized spacial score (nSPS) is 9.72. The van der Waals surface area contributed by atoms with Crippen molar-refractivity contribution in [2.75, 3.05) is 26.1 Å². The molecule has 0 aliphatic rings. The lowest BCUT2D eigenvalue weighted by Crippen LogP contribution is -2.05. The molecular formula is C11H13BrN2O4. The monoisotopic (exact) mass is 316 g/mol. The molecule has 0 bridgehead atoms. The zero-order valence-corrected chi connectivity index (χ0v) is 11.6. The van der Waals surface area contributed by atoms with E-state index in [2.05, 4.69) is 27.8 Å². The fourth-order valence-electron chi connectivity index (χ4n) is 1.35. The van der Waals surface area contributed by atoms with Crippen LogP contribution in [-0.4, -0.2) is 25.7 Å². The van der Waals surface area contributed by atoms with E-state index in [0.717, 1.165) is 0 Å². The molecule has 6 nitrogen and oxygen atoms in total. The van der Waals surface area contributed by atoms with Crippen molar-refractivity contribution in [3.63, 3.8) is 0 Å². The minimum absolute atomic E-state index is 0.0820. The van der Waals surface area contributed by atoms with E-state index >= 15 is 0 Å². The van der Waals surface area contributed by atoms with E-state index in [0.29, 0.717) is 28.2 Å². The third kappa shape index (κ3) is 3.36. The van der Waals surface area contributed by atoms with Crippen molar-refractivity contribution < 1.29 is 14.4 Å². The maximum absolute atomic E-state index is 11.0. The summed E-state index contributed by atoms with van der Waals surface area (Å²) in [7, 11) is 2.89. The molecule has 18 heavy (non-hydrogen) atoms. The second-order valence-corrected chi connectivity index (χ2v) is 4.47. The number of benzene rings is 1. The van der Waals surface area contributed by atoms with Crippen LogP contribution in [0.25, 0.3) is 0 Å². The van der Waals surface area contributed by atoms with E-state index in [1.165, 1.54) is 26.4 Å². The second-order valence-electron chi connectivity index (χ2n) is 3.35. The largest absolute Gasteiger partial charge is 0.493 e. The molecule has 1 N–H and O–H groups in total. The SMILES string of the molecule is C=C(Br)CNc1cc(OC)c(OC)cc1[N+](=O)[O-]. The number of hydrogen-bond acceptors (Lipinski definition) is 5. The first-order valence-corrected chi connectivity index (χ1v) is 5.76. The van der Waals surface area contributed by atoms with Gasteiger partial charge in [0.2, 0.25) is 0 Å². The van der Waals surface area contributed by atoms with Gasteiger partial charge in [-0.3, -0.25) is 10.1 Å². The van der Waals surface area contributed by atoms with Crippen molar-refractivity contribution in [3.8, 4) is 11.5 Å². The van der Waals surface area contributed by atoms with Gasteiger partial charge in [-0.1, -0.05) is 22.5 Å². The fourth-order valence-corrected chi connectivity index (χ4v) is 1.49. The van der Waals surface area contributed by atoms with E-state index in [1.807, 2.05) is 0 Å². The first-order chi connectivity index (χ1) is 8.49. The summed E-state index contributed by atoms with van der Waals surface area (Å²) in [5, 5.41) is 13.9. The Hall–Kier alpha value is -1.76. The molecule has 1 aromatic rings. The molecule has 0 aliphatic heterocycles. The highest BCUT2D eigenvalue weighted by molar-refractivity contribution is 9.11. The number of rotatable bonds is 6. The van der Waals surface area contributed by atoms with Gasteiger partial charge in [-0.05, 0) is 0 Å². The highest BCUT2D eigenvalue weighted by Gasteiger charge is 2.19. The zero-order valence-electron chi connectivity index (χ0n) is 10.0. The van der Waals surface area contributed by atoms with Gasteiger partial charge in [-0.25, -0.2) is 0 Å². The summed E-state index contributed by atoms with van der Waals surface area (Å²) in [5.41, 5.74) is 0.264. The number of halogens is 1. The fraction of sp³-hybridized carbons (Fsp3) is 0.273. The molecule has 0 unspecified atom stereocenters. The average molecular weight is 317 g/mol. The van der Waals surface area contributed by atoms with Crippen LogP contribution in [0.4, 0.5) is 11.4 Å². The topological polar surface area (TPSA) is 73.6 Å². The number of anilines is 1. The predicted molar refractivity (Wildman–Crippen MR) is 72.8 cm³/mol. The van der Waals surface area contributed by atoms with Crippen LogP contribution in [0.2, 0.25) is 0 Å². The molecule has 1 rings (SSSR count). The number of hydrogen-bond donors (Lipinski definition) is 1. The Labute approximate surface area is 113 Å². The first-order valence-electron chi connectivity index (χ1n) is 4.97. The molecule has 0 aliphatic carbocycles. The minimum Gasteiger partial charge on any atom is -0.493 e. The van der Waals surface area contributed by atoms with Crippen LogP contribution in [0, 0.1) is 10.1 Å². The van der Waals surface area contributed by atoms with Gasteiger partial charge in [0, 0.05) is 17.1 Å². The van der Waals surface area contributed by atoms with Crippen molar-refractivity contribution in [1.82, 2.24) is 0 Å². The lowest BCUT2D eigenvalue weighted by atomic mass is 10.2. The minimum atomic E-state index is -0.485. The molecule has 7 heteroatoms. The average Bonchev–Trinajstić information content (AvgIpc) is 2.34. The van der Waals surface area contributed by atoms with E-state index in [4.69, 9.17) is 9.47 Å². The van der Waals surface area contributed by atoms with Gasteiger partial charge >= 0.3 is 0 Å². The smallest absolute Gasteiger partial charge is 0.296 e. The van der Waals surface area contributed by atoms with Gasteiger partial charge in [0.1, 0.15) is 5.69 Å². The number of nitrogens with zero attached hydrogens (tertiary/aromatic N) is 1. The third-order valence-electron chi connectivity index (χ3n) is 2.17. The molecule has 0 fully saturated rings. The third-order valence-corrected chi connectivity index (χ3v) is 2.45. The van der Waals surface area contributed by atoms with Crippen LogP contribution < -0.4 is 14.8 Å². The standard InChI is InChI=1S/C11H13BrN2O4/c1-7(12)6-13-8-4-10(17-2)11(18-3)5-9(8)14(15)16/h4-5,13H,1,6H2,2-3H3. The van der Waals surface area contributed by atoms with Crippen molar-refractivity contribution >= 4 is 27.3 Å². The lowest BCUT2D eigenvalue weighted by molar-refractivity contribution is -0.384. The Morgan fingerprint density at radius 1 is 1.44 bits per heavy atom. The van der Waals surface area contributed by atoms with Gasteiger partial charge in [-0.15, -0.1) is 0 Å². The number of nitrogens with one attached hydrogen (secondary N) is 1. The Morgan fingerprint density at radius 3 is 2.44 bits per heavy atom. The van der Waals surface area contributed by atoms with Crippen LogP contribution in [-0.2, 0) is 0 Å². The molecule has 0 heterocycles. The van der Waals surface area contributed by atoms with Crippen LogP contribution >= 0.6 is 15.9 Å². The summed E-state index contributed by atoms with van der Waals surface area (Å²) < 4.78 is 10.8. The molecular weight excluding hydrogens is 304 g/mol. The van der Waals surface area contributed by atoms with Crippen molar-refractivity contribution in [1.29, 1.82) is 0 Å². The molecule has 98 valence electrons. The molecule has 0 amide bonds. The van der Waals surface area contributed by atoms with Crippen molar-refractivity contribution in [2.24, 2.45) is 0 Å². The van der Waals surface area contributed by atoms with E-state index in [-0.39, 0.29) is 5.69 Å². The van der Waals surface area contributed by atoms with Gasteiger partial charge < -0.3 is 14.8 Å². The Bertz CT molecular complexity index is 476. The Kier molecular flexibility index (Phi) is 4.96. The highest BCUT2D eigenvalue weighted by atomic mass is 79.9. The van der Waals surface area contributed by atoms with Gasteiger partial charge in [-0.2, -0.15) is 0 Å². The van der Waals surface area contributed by atoms with E-state index in [1.54, 1.807) is 0 Å². The molecule has 0 spiro atoms. The quantitative estimate of drug-likeness (QED) is 0.645. The Morgan fingerprint density at radius 2 is 2.00 bits per heavy atom. The van der Waals surface area contributed by atoms with Crippen LogP contribution in [0.3, 0.4) is 0 Å². The number of ether oxygens (including phenoxy) is 2. The molecule has 0 saturated heterocycles. The Balaban J connectivity index is 3.20. The number of nitro benzene ring substituents is 1. The van der Waals surface area contributed by atoms with Crippen LogP contribution in [0.1, 0.15) is 0 Å². The lowest BCUT2D eigenvalue weighted by Gasteiger charge is -2.11. The summed E-state index contributed by atoms with van der Waals surface area (Å²) in [4.78, 5) is 10.5. The summed E-state index contributed by atoms with van der Waals surface area (Å²) in [6.07, 6.45) is 0. The summed E-state index contributed by atoms with van der Waals surface area (Å²) >= 11 is 3.17.